The number of halogens is 2. The van der Waals surface area contributed by atoms with Crippen molar-refractivity contribution in [3.63, 3.8) is 0 Å². The van der Waals surface area contributed by atoms with Crippen LogP contribution in [-0.2, 0) is 0 Å². The van der Waals surface area contributed by atoms with Crippen LogP contribution in [0.1, 0.15) is 15.9 Å². The zero-order chi connectivity index (χ0) is 14.7. The average Bonchev–Trinajstić information content (AvgIpc) is 2.42. The first kappa shape index (κ1) is 13.4. The van der Waals surface area contributed by atoms with Crippen LogP contribution in [0.2, 0.25) is 0 Å². The summed E-state index contributed by atoms with van der Waals surface area (Å²) in [5.41, 5.74) is -0.500. The van der Waals surface area contributed by atoms with Gasteiger partial charge in [0.1, 0.15) is 5.56 Å². The summed E-state index contributed by atoms with van der Waals surface area (Å²) in [6, 6.07) is 4.30. The van der Waals surface area contributed by atoms with Crippen LogP contribution < -0.4 is 4.74 Å². The topological polar surface area (TPSA) is 83.2 Å². The molecule has 0 saturated carbocycles. The van der Waals surface area contributed by atoms with Gasteiger partial charge in [0.25, 0.3) is 0 Å². The van der Waals surface area contributed by atoms with Crippen LogP contribution in [0.4, 0.5) is 8.78 Å². The van der Waals surface area contributed by atoms with Gasteiger partial charge in [-0.1, -0.05) is 0 Å². The van der Waals surface area contributed by atoms with Gasteiger partial charge in [-0.25, -0.2) is 13.6 Å². The van der Waals surface area contributed by atoms with Gasteiger partial charge in [0.05, 0.1) is 17.8 Å². The third-order valence-corrected chi connectivity index (χ3v) is 2.35. The second-order valence-electron chi connectivity index (χ2n) is 3.66. The number of carbonyl (C=O) groups is 1. The van der Waals surface area contributed by atoms with Gasteiger partial charge in [0.15, 0.2) is 23.1 Å². The molecule has 0 fully saturated rings. The molecule has 0 spiro atoms. The lowest BCUT2D eigenvalue weighted by atomic mass is 10.2. The number of carboxylic acids is 1. The molecule has 0 aliphatic carbocycles. The Morgan fingerprint density at radius 3 is 2.55 bits per heavy atom. The molecule has 1 N–H and O–H groups in total. The van der Waals surface area contributed by atoms with E-state index in [9.17, 15) is 13.6 Å². The highest BCUT2D eigenvalue weighted by Crippen LogP contribution is 2.30. The lowest BCUT2D eigenvalue weighted by Crippen LogP contribution is -2.02. The number of rotatable bonds is 3. The molecule has 2 rings (SSSR count). The summed E-state index contributed by atoms with van der Waals surface area (Å²) < 4.78 is 32.2. The van der Waals surface area contributed by atoms with E-state index in [1.807, 2.05) is 0 Å². The molecule has 7 heteroatoms. The fraction of sp³-hybridized carbons (Fsp3) is 0. The smallest absolute Gasteiger partial charge is 0.339 e. The minimum atomic E-state index is -1.32. The Balaban J connectivity index is 2.46. The van der Waals surface area contributed by atoms with Gasteiger partial charge >= 0.3 is 5.97 Å². The monoisotopic (exact) mass is 276 g/mol. The van der Waals surface area contributed by atoms with Crippen LogP contribution in [0.3, 0.4) is 0 Å². The number of hydrogen-bond donors (Lipinski definition) is 1. The maximum absolute atomic E-state index is 13.6. The molecule has 0 bridgehead atoms. The molecule has 0 saturated heterocycles. The Kier molecular flexibility index (Phi) is 3.57. The second kappa shape index (κ2) is 5.32. The van der Waals surface area contributed by atoms with Gasteiger partial charge in [-0.15, -0.1) is 0 Å². The van der Waals surface area contributed by atoms with Crippen molar-refractivity contribution in [2.45, 2.75) is 0 Å². The third-order valence-electron chi connectivity index (χ3n) is 2.35. The number of nitriles is 1. The van der Waals surface area contributed by atoms with E-state index in [4.69, 9.17) is 15.1 Å². The number of aromatic carboxylic acids is 1. The number of carboxylic acid groups (broad SMARTS) is 1. The van der Waals surface area contributed by atoms with Crippen molar-refractivity contribution in [3.05, 3.63) is 53.4 Å². The van der Waals surface area contributed by atoms with Crippen molar-refractivity contribution in [1.82, 2.24) is 4.98 Å². The number of hydrogen-bond acceptors (Lipinski definition) is 4. The molecule has 0 atom stereocenters. The molecule has 0 unspecified atom stereocenters. The van der Waals surface area contributed by atoms with Crippen LogP contribution in [0, 0.1) is 23.0 Å². The van der Waals surface area contributed by atoms with Crippen LogP contribution >= 0.6 is 0 Å². The SMILES string of the molecule is N#Cc1cc(F)c(Oc2cnccc2C(=O)O)c(F)c1. The lowest BCUT2D eigenvalue weighted by molar-refractivity contribution is 0.0693. The number of ether oxygens (including phenoxy) is 1. The first-order chi connectivity index (χ1) is 9.52. The fourth-order valence-corrected chi connectivity index (χ4v) is 1.47. The number of benzene rings is 1. The summed E-state index contributed by atoms with van der Waals surface area (Å²) in [6.45, 7) is 0. The van der Waals surface area contributed by atoms with Crippen molar-refractivity contribution in [2.75, 3.05) is 0 Å². The number of pyridine rings is 1. The highest BCUT2D eigenvalue weighted by Gasteiger charge is 2.18. The van der Waals surface area contributed by atoms with Crippen LogP contribution in [0.25, 0.3) is 0 Å². The van der Waals surface area contributed by atoms with Crippen LogP contribution in [0.15, 0.2) is 30.6 Å². The standard InChI is InChI=1S/C13H6F2N2O3/c14-9-3-7(5-16)4-10(15)12(9)20-11-6-17-2-1-8(11)13(18)19/h1-4,6H,(H,18,19). The molecule has 100 valence electrons. The van der Waals surface area contributed by atoms with Crippen molar-refractivity contribution >= 4 is 5.97 Å². The molecular weight excluding hydrogens is 270 g/mol. The summed E-state index contributed by atoms with van der Waals surface area (Å²) in [5.74, 6) is -4.64. The summed E-state index contributed by atoms with van der Waals surface area (Å²) in [6.07, 6.45) is 2.24. The van der Waals surface area contributed by atoms with E-state index in [2.05, 4.69) is 4.98 Å². The molecule has 1 aromatic carbocycles. The van der Waals surface area contributed by atoms with Gasteiger partial charge in [-0.05, 0) is 18.2 Å². The molecule has 0 radical (unpaired) electrons. The van der Waals surface area contributed by atoms with E-state index in [0.717, 1.165) is 24.4 Å². The molecule has 2 aromatic rings. The maximum Gasteiger partial charge on any atom is 0.339 e. The molecule has 1 aromatic heterocycles. The van der Waals surface area contributed by atoms with Gasteiger partial charge in [-0.3, -0.25) is 4.98 Å². The molecule has 0 amide bonds. The summed E-state index contributed by atoms with van der Waals surface area (Å²) in [7, 11) is 0. The molecule has 1 heterocycles. The van der Waals surface area contributed by atoms with E-state index < -0.39 is 23.4 Å². The van der Waals surface area contributed by atoms with Gasteiger partial charge in [0, 0.05) is 6.20 Å². The second-order valence-corrected chi connectivity index (χ2v) is 3.66. The van der Waals surface area contributed by atoms with Crippen molar-refractivity contribution < 1.29 is 23.4 Å². The van der Waals surface area contributed by atoms with E-state index in [0.29, 0.717) is 0 Å². The van der Waals surface area contributed by atoms with Crippen LogP contribution in [0.5, 0.6) is 11.5 Å². The van der Waals surface area contributed by atoms with E-state index in [-0.39, 0.29) is 16.9 Å². The minimum Gasteiger partial charge on any atom is -0.478 e. The largest absolute Gasteiger partial charge is 0.478 e. The Hall–Kier alpha value is -3.01. The number of aromatic nitrogens is 1. The Morgan fingerprint density at radius 1 is 1.35 bits per heavy atom. The van der Waals surface area contributed by atoms with E-state index >= 15 is 0 Å². The Labute approximate surface area is 111 Å². The zero-order valence-electron chi connectivity index (χ0n) is 9.80. The van der Waals surface area contributed by atoms with Crippen molar-refractivity contribution in [1.29, 1.82) is 5.26 Å². The third kappa shape index (κ3) is 2.54. The number of nitrogens with zero attached hydrogens (tertiary/aromatic N) is 2. The van der Waals surface area contributed by atoms with Gasteiger partial charge in [-0.2, -0.15) is 5.26 Å². The highest BCUT2D eigenvalue weighted by atomic mass is 19.1. The normalized spacial score (nSPS) is 9.85. The Bertz CT molecular complexity index is 703. The fourth-order valence-electron chi connectivity index (χ4n) is 1.47. The average molecular weight is 276 g/mol. The predicted octanol–water partition coefficient (Wildman–Crippen LogP) is 2.72. The predicted molar refractivity (Wildman–Crippen MR) is 62.3 cm³/mol. The quantitative estimate of drug-likeness (QED) is 0.931. The molecule has 5 nitrogen and oxygen atoms in total. The van der Waals surface area contributed by atoms with Crippen LogP contribution in [-0.4, -0.2) is 16.1 Å². The first-order valence-electron chi connectivity index (χ1n) is 5.27. The highest BCUT2D eigenvalue weighted by molar-refractivity contribution is 5.90. The molecular formula is C13H6F2N2O3. The van der Waals surface area contributed by atoms with E-state index in [1.165, 1.54) is 6.20 Å². The molecule has 0 aliphatic heterocycles. The molecule has 20 heavy (non-hydrogen) atoms. The van der Waals surface area contributed by atoms with Gasteiger partial charge < -0.3 is 9.84 Å². The Morgan fingerprint density at radius 2 is 2.00 bits per heavy atom. The summed E-state index contributed by atoms with van der Waals surface area (Å²) >= 11 is 0. The van der Waals surface area contributed by atoms with Crippen molar-refractivity contribution in [2.24, 2.45) is 0 Å². The summed E-state index contributed by atoms with van der Waals surface area (Å²) in [5, 5.41) is 17.5. The maximum atomic E-state index is 13.6. The minimum absolute atomic E-state index is 0.211. The summed E-state index contributed by atoms with van der Waals surface area (Å²) in [4.78, 5) is 14.6. The van der Waals surface area contributed by atoms with Crippen molar-refractivity contribution in [3.8, 4) is 17.6 Å². The molecule has 0 aliphatic rings. The zero-order valence-corrected chi connectivity index (χ0v) is 9.80. The van der Waals surface area contributed by atoms with E-state index in [1.54, 1.807) is 6.07 Å². The van der Waals surface area contributed by atoms with Gasteiger partial charge in [0.2, 0.25) is 0 Å². The lowest BCUT2D eigenvalue weighted by Gasteiger charge is -2.09. The first-order valence-corrected chi connectivity index (χ1v) is 5.27.